The molecule has 7 aromatic carbocycles. The first-order valence-electron chi connectivity index (χ1n) is 23.0. The summed E-state index contributed by atoms with van der Waals surface area (Å²) in [5, 5.41) is 5.17. The van der Waals surface area contributed by atoms with Crippen LogP contribution in [0, 0.1) is 12.1 Å². The third-order valence-corrected chi connectivity index (χ3v) is 12.6. The Labute approximate surface area is 409 Å². The first-order valence-corrected chi connectivity index (χ1v) is 23.0. The van der Waals surface area contributed by atoms with E-state index in [4.69, 9.17) is 18.8 Å². The zero-order valence-electron chi connectivity index (χ0n) is 39.1. The van der Waals surface area contributed by atoms with Gasteiger partial charge in [0.15, 0.2) is 0 Å². The molecule has 5 heterocycles. The number of para-hydroxylation sites is 1. The van der Waals surface area contributed by atoms with Crippen molar-refractivity contribution in [3.63, 3.8) is 0 Å². The monoisotopic (exact) mass is 1060 g/mol. The van der Waals surface area contributed by atoms with Crippen molar-refractivity contribution >= 4 is 65.9 Å². The molecule has 0 N–H and O–H groups in total. The van der Waals surface area contributed by atoms with E-state index in [1.807, 2.05) is 66.9 Å². The number of furan rings is 2. The summed E-state index contributed by atoms with van der Waals surface area (Å²) in [6.07, 6.45) is 1.81. The summed E-state index contributed by atoms with van der Waals surface area (Å²) in [6.45, 7) is 15.6. The number of hydrogen-bond donors (Lipinski definition) is 0. The second-order valence-corrected chi connectivity index (χ2v) is 18.9. The smallest absolute Gasteiger partial charge is 0.228 e. The van der Waals surface area contributed by atoms with Gasteiger partial charge in [0.05, 0.1) is 33.7 Å². The quantitative estimate of drug-likeness (QED) is 0.154. The Balaban J connectivity index is 0.000000270. The number of rotatable bonds is 6. The second kappa shape index (κ2) is 17.8. The molecule has 0 amide bonds. The van der Waals surface area contributed by atoms with Crippen LogP contribution in [-0.4, -0.2) is 24.5 Å². The van der Waals surface area contributed by atoms with E-state index in [2.05, 4.69) is 166 Å². The summed E-state index contributed by atoms with van der Waals surface area (Å²) in [5.41, 5.74) is 14.5. The van der Waals surface area contributed by atoms with E-state index in [9.17, 15) is 0 Å². The molecule has 0 aliphatic heterocycles. The van der Waals surface area contributed by atoms with Gasteiger partial charge in [-0.2, -0.15) is 0 Å². The third-order valence-electron chi connectivity index (χ3n) is 12.6. The molecule has 68 heavy (non-hydrogen) atoms. The standard InChI is InChI=1S/C46H34N3O2.C14H15N2.Ir/c1-26(2)35-23-30(28-13-6-5-7-14-28)24-36(27(3)4)42(35)49-43-31-16-9-8-15-29(31)21-22-38(43)47-45(49)34-19-12-18-33-41-40(50-44(33)34)25-37-32-17-10-11-20-39(32)51-46(37)48-41;1-14(2,3)12-9-10-15-13(16-12)11-7-5-4-6-8-11;/h5-18,20-27H,1-4H3;4-7,9-10H,1-3H3;/q2*-1;. The van der Waals surface area contributed by atoms with Gasteiger partial charge in [0.25, 0.3) is 0 Å². The predicted octanol–water partition coefficient (Wildman–Crippen LogP) is 16.0. The maximum atomic E-state index is 6.78. The van der Waals surface area contributed by atoms with Gasteiger partial charge >= 0.3 is 0 Å². The van der Waals surface area contributed by atoms with Crippen molar-refractivity contribution in [1.29, 1.82) is 0 Å². The molecule has 0 spiro atoms. The van der Waals surface area contributed by atoms with E-state index in [1.165, 1.54) is 27.6 Å². The van der Waals surface area contributed by atoms with Gasteiger partial charge in [0.2, 0.25) is 5.71 Å². The minimum absolute atomic E-state index is 0. The van der Waals surface area contributed by atoms with Crippen molar-refractivity contribution in [2.75, 3.05) is 0 Å². The van der Waals surface area contributed by atoms with E-state index >= 15 is 0 Å². The fraction of sp³-hybridized carbons (Fsp3) is 0.167. The summed E-state index contributed by atoms with van der Waals surface area (Å²) in [4.78, 5) is 19.3. The molecule has 0 bridgehead atoms. The van der Waals surface area contributed by atoms with Crippen molar-refractivity contribution < 1.29 is 28.9 Å². The minimum Gasteiger partial charge on any atom is -0.499 e. The van der Waals surface area contributed by atoms with Gasteiger partial charge in [-0.15, -0.1) is 54.1 Å². The van der Waals surface area contributed by atoms with Gasteiger partial charge in [-0.05, 0) is 81.3 Å². The molecular formula is C60H49IrN5O2-2. The Morgan fingerprint density at radius 2 is 1.31 bits per heavy atom. The van der Waals surface area contributed by atoms with Crippen LogP contribution in [0.1, 0.15) is 77.1 Å². The summed E-state index contributed by atoms with van der Waals surface area (Å²) in [6, 6.07) is 58.8. The van der Waals surface area contributed by atoms with Crippen LogP contribution in [0.15, 0.2) is 167 Å². The molecule has 0 saturated carbocycles. The maximum Gasteiger partial charge on any atom is 0.228 e. The number of hydrogen-bond acceptors (Lipinski definition) is 6. The Morgan fingerprint density at radius 3 is 2.04 bits per heavy atom. The van der Waals surface area contributed by atoms with Crippen LogP contribution in [0.5, 0.6) is 0 Å². The maximum absolute atomic E-state index is 6.78. The Hall–Kier alpha value is -7.25. The first kappa shape index (κ1) is 44.6. The molecule has 12 rings (SSSR count). The van der Waals surface area contributed by atoms with Crippen LogP contribution in [0.25, 0.3) is 106 Å². The van der Waals surface area contributed by atoms with Crippen molar-refractivity contribution in [1.82, 2.24) is 24.5 Å². The SMILES string of the molecule is CC(C)(C)c1ccnc(-c2[c-]cccc2)n1.CC(C)c1cc(-c2ccccc2)cc(C(C)C)c1-n1c(-c2[c-]ccc3c2oc2cc4c(nc23)oc2ccccc24)nc2ccc3ccccc3c21.[Ir]. The molecule has 337 valence electrons. The fourth-order valence-electron chi connectivity index (χ4n) is 9.23. The number of fused-ring (bicyclic) bond motifs is 9. The summed E-state index contributed by atoms with van der Waals surface area (Å²) < 4.78 is 15.4. The molecular weight excluding hydrogens is 1010 g/mol. The van der Waals surface area contributed by atoms with E-state index in [-0.39, 0.29) is 37.4 Å². The van der Waals surface area contributed by atoms with Crippen molar-refractivity contribution in [2.45, 2.75) is 65.7 Å². The predicted molar refractivity (Wildman–Crippen MR) is 274 cm³/mol. The molecule has 0 aliphatic rings. The van der Waals surface area contributed by atoms with E-state index in [0.29, 0.717) is 16.9 Å². The average molecular weight is 1060 g/mol. The van der Waals surface area contributed by atoms with Crippen LogP contribution < -0.4 is 0 Å². The van der Waals surface area contributed by atoms with E-state index in [1.54, 1.807) is 0 Å². The van der Waals surface area contributed by atoms with Crippen LogP contribution in [0.2, 0.25) is 0 Å². The number of benzene rings is 7. The Morgan fingerprint density at radius 1 is 0.588 bits per heavy atom. The molecule has 0 unspecified atom stereocenters. The normalized spacial score (nSPS) is 11.9. The van der Waals surface area contributed by atoms with Gasteiger partial charge in [-0.3, -0.25) is 15.0 Å². The fourth-order valence-corrected chi connectivity index (χ4v) is 9.23. The van der Waals surface area contributed by atoms with Gasteiger partial charge in [-0.25, -0.2) is 4.98 Å². The topological polar surface area (TPSA) is 82.8 Å². The van der Waals surface area contributed by atoms with Crippen molar-refractivity contribution in [2.24, 2.45) is 0 Å². The van der Waals surface area contributed by atoms with E-state index in [0.717, 1.165) is 77.8 Å². The molecule has 0 saturated heterocycles. The second-order valence-electron chi connectivity index (χ2n) is 18.9. The molecule has 12 aromatic rings. The summed E-state index contributed by atoms with van der Waals surface area (Å²) >= 11 is 0. The Bertz CT molecular complexity index is 3770. The van der Waals surface area contributed by atoms with Crippen LogP contribution in [0.4, 0.5) is 0 Å². The number of imidazole rings is 1. The number of pyridine rings is 1. The summed E-state index contributed by atoms with van der Waals surface area (Å²) in [7, 11) is 0. The first-order chi connectivity index (χ1) is 32.5. The number of aromatic nitrogens is 5. The minimum atomic E-state index is 0. The zero-order valence-corrected chi connectivity index (χ0v) is 41.4. The summed E-state index contributed by atoms with van der Waals surface area (Å²) in [5.74, 6) is 2.01. The number of nitrogens with zero attached hydrogens (tertiary/aromatic N) is 5. The van der Waals surface area contributed by atoms with Crippen molar-refractivity contribution in [3.8, 4) is 39.6 Å². The van der Waals surface area contributed by atoms with Crippen LogP contribution in [0.3, 0.4) is 0 Å². The molecule has 8 heteroatoms. The Kier molecular flexibility index (Phi) is 11.6. The van der Waals surface area contributed by atoms with Gasteiger partial charge < -0.3 is 13.4 Å². The van der Waals surface area contributed by atoms with Gasteiger partial charge in [0, 0.05) is 53.9 Å². The molecule has 0 aliphatic carbocycles. The largest absolute Gasteiger partial charge is 0.499 e. The average Bonchev–Trinajstić information content (AvgIpc) is 4.04. The van der Waals surface area contributed by atoms with Crippen LogP contribution in [-0.2, 0) is 25.5 Å². The molecule has 1 radical (unpaired) electrons. The molecule has 0 atom stereocenters. The van der Waals surface area contributed by atoms with Gasteiger partial charge in [-0.1, -0.05) is 133 Å². The van der Waals surface area contributed by atoms with Crippen molar-refractivity contribution in [3.05, 3.63) is 187 Å². The van der Waals surface area contributed by atoms with Crippen LogP contribution >= 0.6 is 0 Å². The van der Waals surface area contributed by atoms with Gasteiger partial charge in [0.1, 0.15) is 16.7 Å². The molecule has 7 nitrogen and oxygen atoms in total. The molecule has 5 aromatic heterocycles. The van der Waals surface area contributed by atoms with E-state index < -0.39 is 0 Å². The molecule has 0 fully saturated rings. The zero-order chi connectivity index (χ0) is 46.0. The third kappa shape index (κ3) is 7.87.